The van der Waals surface area contributed by atoms with Gasteiger partial charge in [0.25, 0.3) is 11.6 Å². The third kappa shape index (κ3) is 3.02. The third-order valence-electron chi connectivity index (χ3n) is 2.88. The van der Waals surface area contributed by atoms with Gasteiger partial charge in [-0.05, 0) is 13.0 Å². The van der Waals surface area contributed by atoms with Gasteiger partial charge in [-0.25, -0.2) is 4.79 Å². The summed E-state index contributed by atoms with van der Waals surface area (Å²) in [5.41, 5.74) is -0.331. The number of hydrogen-bond donors (Lipinski definition) is 1. The van der Waals surface area contributed by atoms with Gasteiger partial charge >= 0.3 is 5.97 Å². The Morgan fingerprint density at radius 1 is 1.45 bits per heavy atom. The Morgan fingerprint density at radius 3 is 2.50 bits per heavy atom. The third-order valence-corrected chi connectivity index (χ3v) is 2.88. The lowest BCUT2D eigenvalue weighted by Gasteiger charge is -2.22. The van der Waals surface area contributed by atoms with Crippen molar-refractivity contribution in [3.63, 3.8) is 0 Å². The van der Waals surface area contributed by atoms with E-state index in [4.69, 9.17) is 9.84 Å². The fraction of sp³-hybridized carbons (Fsp3) is 0.333. The fourth-order valence-corrected chi connectivity index (χ4v) is 1.51. The molecule has 0 aromatic heterocycles. The number of aliphatic carboxylic acids is 1. The lowest BCUT2D eigenvalue weighted by atomic mass is 10.1. The second-order valence-corrected chi connectivity index (χ2v) is 4.07. The first-order valence-electron chi connectivity index (χ1n) is 5.62. The molecule has 0 aliphatic carbocycles. The summed E-state index contributed by atoms with van der Waals surface area (Å²) < 4.78 is 4.97. The molecule has 0 aliphatic rings. The Bertz CT molecular complexity index is 557. The van der Waals surface area contributed by atoms with Gasteiger partial charge in [0.1, 0.15) is 11.8 Å². The molecule has 108 valence electrons. The summed E-state index contributed by atoms with van der Waals surface area (Å²) in [6, 6.07) is 2.50. The SMILES string of the molecule is COc1ccc([N+](=O)[O-])cc1C(=O)N(C)C(C)C(=O)O. The molecule has 0 radical (unpaired) electrons. The highest BCUT2D eigenvalue weighted by Crippen LogP contribution is 2.25. The maximum Gasteiger partial charge on any atom is 0.326 e. The zero-order chi connectivity index (χ0) is 15.4. The Morgan fingerprint density at radius 2 is 2.05 bits per heavy atom. The van der Waals surface area contributed by atoms with Crippen LogP contribution >= 0.6 is 0 Å². The van der Waals surface area contributed by atoms with E-state index in [0.29, 0.717) is 0 Å². The van der Waals surface area contributed by atoms with E-state index in [9.17, 15) is 19.7 Å². The van der Waals surface area contributed by atoms with Crippen LogP contribution in [0.3, 0.4) is 0 Å². The summed E-state index contributed by atoms with van der Waals surface area (Å²) in [5, 5.41) is 19.6. The topological polar surface area (TPSA) is 110 Å². The molecular weight excluding hydrogens is 268 g/mol. The van der Waals surface area contributed by atoms with E-state index in [1.807, 2.05) is 0 Å². The molecule has 1 amide bonds. The van der Waals surface area contributed by atoms with Crippen LogP contribution in [0, 0.1) is 10.1 Å². The number of carboxylic acid groups (broad SMARTS) is 1. The van der Waals surface area contributed by atoms with Gasteiger partial charge in [-0.3, -0.25) is 14.9 Å². The highest BCUT2D eigenvalue weighted by Gasteiger charge is 2.26. The minimum atomic E-state index is -1.18. The van der Waals surface area contributed by atoms with Crippen LogP contribution in [0.2, 0.25) is 0 Å². The summed E-state index contributed by atoms with van der Waals surface area (Å²) in [4.78, 5) is 34.1. The van der Waals surface area contributed by atoms with Crippen LogP contribution in [-0.4, -0.2) is 47.0 Å². The number of amides is 1. The van der Waals surface area contributed by atoms with Gasteiger partial charge in [0, 0.05) is 19.2 Å². The smallest absolute Gasteiger partial charge is 0.326 e. The van der Waals surface area contributed by atoms with Crippen molar-refractivity contribution < 1.29 is 24.4 Å². The van der Waals surface area contributed by atoms with Gasteiger partial charge in [-0.15, -0.1) is 0 Å². The zero-order valence-corrected chi connectivity index (χ0v) is 11.2. The van der Waals surface area contributed by atoms with E-state index in [-0.39, 0.29) is 17.0 Å². The molecule has 0 saturated heterocycles. The number of rotatable bonds is 5. The summed E-state index contributed by atoms with van der Waals surface area (Å²) in [6.45, 7) is 1.34. The quantitative estimate of drug-likeness (QED) is 0.640. The van der Waals surface area contributed by atoms with E-state index >= 15 is 0 Å². The summed E-state index contributed by atoms with van der Waals surface area (Å²) in [6.07, 6.45) is 0. The number of benzene rings is 1. The lowest BCUT2D eigenvalue weighted by molar-refractivity contribution is -0.384. The average Bonchev–Trinajstić information content (AvgIpc) is 2.43. The minimum Gasteiger partial charge on any atom is -0.496 e. The van der Waals surface area contributed by atoms with Crippen molar-refractivity contribution in [1.29, 1.82) is 0 Å². The monoisotopic (exact) mass is 282 g/mol. The molecule has 8 nitrogen and oxygen atoms in total. The molecular formula is C12H14N2O6. The predicted octanol–water partition coefficient (Wildman–Crippen LogP) is 1.15. The molecule has 0 saturated carbocycles. The maximum atomic E-state index is 12.2. The molecule has 0 aliphatic heterocycles. The minimum absolute atomic E-state index is 0.0581. The van der Waals surface area contributed by atoms with Gasteiger partial charge in [-0.2, -0.15) is 0 Å². The largest absolute Gasteiger partial charge is 0.496 e. The second kappa shape index (κ2) is 6.00. The van der Waals surface area contributed by atoms with Crippen molar-refractivity contribution in [1.82, 2.24) is 4.90 Å². The normalized spacial score (nSPS) is 11.6. The van der Waals surface area contributed by atoms with Gasteiger partial charge < -0.3 is 14.7 Å². The zero-order valence-electron chi connectivity index (χ0n) is 11.2. The molecule has 0 spiro atoms. The number of nitro groups is 1. The number of hydrogen-bond acceptors (Lipinski definition) is 5. The van der Waals surface area contributed by atoms with Crippen molar-refractivity contribution in [3.05, 3.63) is 33.9 Å². The van der Waals surface area contributed by atoms with E-state index in [0.717, 1.165) is 11.0 Å². The first-order chi connectivity index (χ1) is 9.29. The van der Waals surface area contributed by atoms with Crippen LogP contribution in [0.15, 0.2) is 18.2 Å². The van der Waals surface area contributed by atoms with Crippen LogP contribution < -0.4 is 4.74 Å². The maximum absolute atomic E-state index is 12.2. The number of carboxylic acids is 1. The second-order valence-electron chi connectivity index (χ2n) is 4.07. The average molecular weight is 282 g/mol. The lowest BCUT2D eigenvalue weighted by Crippen LogP contribution is -2.40. The molecule has 1 unspecified atom stereocenters. The van der Waals surface area contributed by atoms with E-state index < -0.39 is 22.8 Å². The molecule has 1 N–H and O–H groups in total. The number of carbonyl (C=O) groups is 2. The van der Waals surface area contributed by atoms with Gasteiger partial charge in [-0.1, -0.05) is 0 Å². The number of ether oxygens (including phenoxy) is 1. The molecule has 1 atom stereocenters. The Kier molecular flexibility index (Phi) is 4.63. The highest BCUT2D eigenvalue weighted by molar-refractivity contribution is 5.99. The number of carbonyl (C=O) groups excluding carboxylic acids is 1. The van der Waals surface area contributed by atoms with Gasteiger partial charge in [0.05, 0.1) is 17.6 Å². The van der Waals surface area contributed by atoms with Crippen molar-refractivity contribution in [2.24, 2.45) is 0 Å². The van der Waals surface area contributed by atoms with Crippen LogP contribution in [-0.2, 0) is 4.79 Å². The van der Waals surface area contributed by atoms with Gasteiger partial charge in [0.15, 0.2) is 0 Å². The number of methoxy groups -OCH3 is 1. The molecule has 0 fully saturated rings. The van der Waals surface area contributed by atoms with Crippen LogP contribution in [0.25, 0.3) is 0 Å². The number of nitrogens with zero attached hydrogens (tertiary/aromatic N) is 2. The molecule has 0 bridgehead atoms. The standard InChI is InChI=1S/C12H14N2O6/c1-7(12(16)17)13(2)11(15)9-6-8(14(18)19)4-5-10(9)20-3/h4-7H,1-3H3,(H,16,17). The Hall–Kier alpha value is -2.64. The highest BCUT2D eigenvalue weighted by atomic mass is 16.6. The molecule has 1 aromatic carbocycles. The first kappa shape index (κ1) is 15.4. The number of likely N-dealkylation sites (N-methyl/N-ethyl adjacent to an activating group) is 1. The van der Waals surface area contributed by atoms with Crippen LogP contribution in [0.5, 0.6) is 5.75 Å². The van der Waals surface area contributed by atoms with E-state index in [1.165, 1.54) is 33.2 Å². The van der Waals surface area contributed by atoms with Crippen molar-refractivity contribution >= 4 is 17.6 Å². The van der Waals surface area contributed by atoms with E-state index in [1.54, 1.807) is 0 Å². The number of nitro benzene ring substituents is 1. The predicted molar refractivity (Wildman–Crippen MR) is 68.8 cm³/mol. The van der Waals surface area contributed by atoms with Crippen LogP contribution in [0.4, 0.5) is 5.69 Å². The van der Waals surface area contributed by atoms with Crippen molar-refractivity contribution in [2.45, 2.75) is 13.0 Å². The molecule has 0 heterocycles. The molecule has 20 heavy (non-hydrogen) atoms. The molecule has 1 rings (SSSR count). The van der Waals surface area contributed by atoms with Gasteiger partial charge in [0.2, 0.25) is 0 Å². The summed E-state index contributed by atoms with van der Waals surface area (Å²) in [5.74, 6) is -1.70. The Balaban J connectivity index is 3.22. The first-order valence-corrected chi connectivity index (χ1v) is 5.62. The molecule has 8 heteroatoms. The molecule has 1 aromatic rings. The Labute approximate surface area is 114 Å². The summed E-state index contributed by atoms with van der Waals surface area (Å²) in [7, 11) is 2.62. The van der Waals surface area contributed by atoms with Crippen molar-refractivity contribution in [2.75, 3.05) is 14.2 Å². The van der Waals surface area contributed by atoms with Crippen LogP contribution in [0.1, 0.15) is 17.3 Å². The fourth-order valence-electron chi connectivity index (χ4n) is 1.51. The van der Waals surface area contributed by atoms with Crippen molar-refractivity contribution in [3.8, 4) is 5.75 Å². The number of non-ortho nitro benzene ring substituents is 1. The van der Waals surface area contributed by atoms with E-state index in [2.05, 4.69) is 0 Å². The summed E-state index contributed by atoms with van der Waals surface area (Å²) >= 11 is 0.